The zero-order valence-corrected chi connectivity index (χ0v) is 19.3. The Balaban J connectivity index is 1.46. The van der Waals surface area contributed by atoms with Gasteiger partial charge in [-0.05, 0) is 63.6 Å². The van der Waals surface area contributed by atoms with E-state index >= 15 is 0 Å². The van der Waals surface area contributed by atoms with Crippen LogP contribution in [-0.2, 0) is 6.42 Å². The molecule has 3 N–H and O–H groups in total. The lowest BCUT2D eigenvalue weighted by Gasteiger charge is -2.16. The Kier molecular flexibility index (Phi) is 8.34. The summed E-state index contributed by atoms with van der Waals surface area (Å²) in [6.45, 7) is 4.36. The second-order valence-electron chi connectivity index (χ2n) is 8.10. The first-order chi connectivity index (χ1) is 15.0. The van der Waals surface area contributed by atoms with Gasteiger partial charge >= 0.3 is 6.03 Å². The molecule has 0 spiro atoms. The zero-order chi connectivity index (χ0) is 22.2. The topological polar surface area (TPSA) is 101 Å². The van der Waals surface area contributed by atoms with Crippen LogP contribution in [0.4, 0.5) is 10.5 Å². The summed E-state index contributed by atoms with van der Waals surface area (Å²) in [6, 6.07) is 7.18. The van der Waals surface area contributed by atoms with Crippen LogP contribution in [0.3, 0.4) is 0 Å². The van der Waals surface area contributed by atoms with E-state index in [0.29, 0.717) is 23.8 Å². The van der Waals surface area contributed by atoms with E-state index in [0.717, 1.165) is 23.8 Å². The van der Waals surface area contributed by atoms with Crippen molar-refractivity contribution in [1.29, 1.82) is 0 Å². The van der Waals surface area contributed by atoms with Crippen LogP contribution >= 0.6 is 11.8 Å². The summed E-state index contributed by atoms with van der Waals surface area (Å²) >= 11 is 1.64. The van der Waals surface area contributed by atoms with Gasteiger partial charge in [0.25, 0.3) is 5.91 Å². The predicted molar refractivity (Wildman–Crippen MR) is 124 cm³/mol. The number of hydrogen-bond donors (Lipinski definition) is 3. The molecule has 0 aliphatic heterocycles. The zero-order valence-electron chi connectivity index (χ0n) is 18.5. The molecule has 1 aliphatic carbocycles. The van der Waals surface area contributed by atoms with Crippen molar-refractivity contribution >= 4 is 29.4 Å². The molecule has 168 valence electrons. The minimum absolute atomic E-state index is 0.0596. The third-order valence-electron chi connectivity index (χ3n) is 5.30. The molecule has 1 aliphatic rings. The quantitative estimate of drug-likeness (QED) is 0.401. The predicted octanol–water partition coefficient (Wildman–Crippen LogP) is 4.01. The number of amides is 3. The molecule has 0 radical (unpaired) electrons. The van der Waals surface area contributed by atoms with Crippen molar-refractivity contribution in [3.8, 4) is 0 Å². The van der Waals surface area contributed by atoms with Crippen LogP contribution in [0.15, 0.2) is 29.4 Å². The molecule has 0 saturated heterocycles. The minimum Gasteiger partial charge on any atom is -0.352 e. The SMILES string of the molecule is CSc1nnc(CCCNC(=O)c2ccc(NC(=O)NC(C)C)cc2)n1C1CCCC1. The van der Waals surface area contributed by atoms with Crippen molar-refractivity contribution in [2.75, 3.05) is 18.1 Å². The summed E-state index contributed by atoms with van der Waals surface area (Å²) in [7, 11) is 0. The summed E-state index contributed by atoms with van der Waals surface area (Å²) < 4.78 is 2.31. The van der Waals surface area contributed by atoms with Gasteiger partial charge in [-0.25, -0.2) is 4.79 Å². The lowest BCUT2D eigenvalue weighted by Crippen LogP contribution is -2.34. The molecule has 1 saturated carbocycles. The Labute approximate surface area is 188 Å². The molecule has 1 fully saturated rings. The van der Waals surface area contributed by atoms with Crippen LogP contribution in [0, 0.1) is 0 Å². The second-order valence-corrected chi connectivity index (χ2v) is 8.87. The molecule has 0 bridgehead atoms. The molecule has 3 amide bonds. The number of thioether (sulfide) groups is 1. The van der Waals surface area contributed by atoms with E-state index in [-0.39, 0.29) is 18.0 Å². The smallest absolute Gasteiger partial charge is 0.319 e. The molecule has 0 atom stereocenters. The summed E-state index contributed by atoms with van der Waals surface area (Å²) in [4.78, 5) is 24.2. The summed E-state index contributed by atoms with van der Waals surface area (Å²) in [5.41, 5.74) is 1.21. The maximum absolute atomic E-state index is 12.4. The van der Waals surface area contributed by atoms with Crippen LogP contribution in [0.2, 0.25) is 0 Å². The van der Waals surface area contributed by atoms with E-state index in [2.05, 4.69) is 30.7 Å². The number of nitrogens with one attached hydrogen (secondary N) is 3. The van der Waals surface area contributed by atoms with Crippen LogP contribution in [-0.4, -0.2) is 45.5 Å². The molecule has 9 heteroatoms. The number of urea groups is 1. The minimum atomic E-state index is -0.262. The van der Waals surface area contributed by atoms with Gasteiger partial charge in [0.05, 0.1) is 0 Å². The number of carbonyl (C=O) groups excluding carboxylic acids is 2. The van der Waals surface area contributed by atoms with Crippen molar-refractivity contribution in [2.45, 2.75) is 69.6 Å². The third-order valence-corrected chi connectivity index (χ3v) is 5.94. The summed E-state index contributed by atoms with van der Waals surface area (Å²) in [5.74, 6) is 0.890. The van der Waals surface area contributed by atoms with Crippen molar-refractivity contribution < 1.29 is 9.59 Å². The van der Waals surface area contributed by atoms with Crippen LogP contribution in [0.25, 0.3) is 0 Å². The van der Waals surface area contributed by atoms with E-state index in [1.165, 1.54) is 25.7 Å². The molecule has 31 heavy (non-hydrogen) atoms. The maximum atomic E-state index is 12.4. The standard InChI is InChI=1S/C22H32N6O2S/c1-15(2)24-21(30)25-17-12-10-16(11-13-17)20(29)23-14-6-9-19-26-27-22(31-3)28(19)18-7-4-5-8-18/h10-13,15,18H,4-9,14H2,1-3H3,(H,23,29)(H2,24,25,30). The fraction of sp³-hybridized carbons (Fsp3) is 0.545. The van der Waals surface area contributed by atoms with Gasteiger partial charge in [-0.15, -0.1) is 10.2 Å². The highest BCUT2D eigenvalue weighted by atomic mass is 32.2. The number of benzene rings is 1. The van der Waals surface area contributed by atoms with Crippen molar-refractivity contribution in [2.24, 2.45) is 0 Å². The molecular weight excluding hydrogens is 412 g/mol. The molecule has 0 unspecified atom stereocenters. The first kappa shape index (κ1) is 23.1. The molecule has 2 aromatic rings. The fourth-order valence-electron chi connectivity index (χ4n) is 3.83. The Hall–Kier alpha value is -2.55. The summed E-state index contributed by atoms with van der Waals surface area (Å²) in [5, 5.41) is 18.2. The number of nitrogens with zero attached hydrogens (tertiary/aromatic N) is 3. The molecule has 1 heterocycles. The van der Waals surface area contributed by atoms with E-state index in [9.17, 15) is 9.59 Å². The first-order valence-electron chi connectivity index (χ1n) is 10.9. The number of rotatable bonds is 9. The molecule has 8 nitrogen and oxygen atoms in total. The van der Waals surface area contributed by atoms with Gasteiger partial charge in [0.15, 0.2) is 5.16 Å². The Bertz CT molecular complexity index is 875. The lowest BCUT2D eigenvalue weighted by atomic mass is 10.2. The number of carbonyl (C=O) groups is 2. The van der Waals surface area contributed by atoms with Gasteiger partial charge in [-0.2, -0.15) is 0 Å². The van der Waals surface area contributed by atoms with Crippen LogP contribution < -0.4 is 16.0 Å². The van der Waals surface area contributed by atoms with E-state index in [1.54, 1.807) is 36.0 Å². The highest BCUT2D eigenvalue weighted by molar-refractivity contribution is 7.98. The average Bonchev–Trinajstić information content (AvgIpc) is 3.40. The monoisotopic (exact) mass is 444 g/mol. The fourth-order valence-corrected chi connectivity index (χ4v) is 4.40. The first-order valence-corrected chi connectivity index (χ1v) is 12.1. The van der Waals surface area contributed by atoms with E-state index in [4.69, 9.17) is 0 Å². The molecule has 3 rings (SSSR count). The lowest BCUT2D eigenvalue weighted by molar-refractivity contribution is 0.0953. The second kappa shape index (κ2) is 11.2. The van der Waals surface area contributed by atoms with E-state index < -0.39 is 0 Å². The summed E-state index contributed by atoms with van der Waals surface area (Å²) in [6.07, 6.45) is 8.56. The van der Waals surface area contributed by atoms with Crippen molar-refractivity contribution in [3.05, 3.63) is 35.7 Å². The Morgan fingerprint density at radius 2 is 1.87 bits per heavy atom. The van der Waals surface area contributed by atoms with Gasteiger partial charge in [-0.1, -0.05) is 24.6 Å². The maximum Gasteiger partial charge on any atom is 0.319 e. The van der Waals surface area contributed by atoms with Crippen LogP contribution in [0.5, 0.6) is 0 Å². The van der Waals surface area contributed by atoms with Gasteiger partial charge in [0, 0.05) is 36.3 Å². The molecular formula is C22H32N6O2S. The number of aryl methyl sites for hydroxylation is 1. The van der Waals surface area contributed by atoms with Crippen molar-refractivity contribution in [3.63, 3.8) is 0 Å². The van der Waals surface area contributed by atoms with Crippen LogP contribution in [0.1, 0.15) is 68.2 Å². The Morgan fingerprint density at radius 1 is 1.16 bits per heavy atom. The van der Waals surface area contributed by atoms with E-state index in [1.807, 2.05) is 20.1 Å². The van der Waals surface area contributed by atoms with Gasteiger partial charge < -0.3 is 20.5 Å². The van der Waals surface area contributed by atoms with Gasteiger partial charge in [0.1, 0.15) is 5.82 Å². The third kappa shape index (κ3) is 6.46. The molecule has 1 aromatic carbocycles. The molecule has 1 aromatic heterocycles. The largest absolute Gasteiger partial charge is 0.352 e. The van der Waals surface area contributed by atoms with Crippen molar-refractivity contribution in [1.82, 2.24) is 25.4 Å². The number of aromatic nitrogens is 3. The average molecular weight is 445 g/mol. The highest BCUT2D eigenvalue weighted by Gasteiger charge is 2.23. The number of anilines is 1. The number of hydrogen-bond acceptors (Lipinski definition) is 5. The van der Waals surface area contributed by atoms with Gasteiger partial charge in [-0.3, -0.25) is 4.79 Å². The normalized spacial score (nSPS) is 14.1. The Morgan fingerprint density at radius 3 is 2.52 bits per heavy atom. The highest BCUT2D eigenvalue weighted by Crippen LogP contribution is 2.33. The van der Waals surface area contributed by atoms with Gasteiger partial charge in [0.2, 0.25) is 0 Å².